The molecular formula is C13H16BrNO2. The smallest absolute Gasteiger partial charge is 0.280 e. The van der Waals surface area contributed by atoms with Gasteiger partial charge in [-0.3, -0.25) is 4.79 Å². The molecule has 0 unspecified atom stereocenters. The second kappa shape index (κ2) is 7.22. The van der Waals surface area contributed by atoms with E-state index in [0.717, 1.165) is 10.9 Å². The van der Waals surface area contributed by atoms with Gasteiger partial charge in [0.15, 0.2) is 5.90 Å². The van der Waals surface area contributed by atoms with Crippen LogP contribution in [0.15, 0.2) is 33.7 Å². The third-order valence-corrected chi connectivity index (χ3v) is 2.57. The van der Waals surface area contributed by atoms with Crippen LogP contribution in [-0.4, -0.2) is 18.4 Å². The first kappa shape index (κ1) is 13.9. The van der Waals surface area contributed by atoms with Crippen LogP contribution in [0.25, 0.3) is 0 Å². The largest absolute Gasteiger partial charge is 0.481 e. The summed E-state index contributed by atoms with van der Waals surface area (Å²) in [6.45, 7) is 4.44. The molecule has 1 amide bonds. The van der Waals surface area contributed by atoms with E-state index in [1.807, 2.05) is 26.0 Å². The lowest BCUT2D eigenvalue weighted by molar-refractivity contribution is 0.0998. The molecule has 17 heavy (non-hydrogen) atoms. The molecule has 4 heteroatoms. The predicted octanol–water partition coefficient (Wildman–Crippen LogP) is 3.82. The number of ether oxygens (including phenoxy) is 1. The molecule has 0 aliphatic heterocycles. The molecule has 0 spiro atoms. The molecule has 0 bridgehead atoms. The van der Waals surface area contributed by atoms with Crippen molar-refractivity contribution in [2.45, 2.75) is 26.7 Å². The van der Waals surface area contributed by atoms with Crippen molar-refractivity contribution in [3.8, 4) is 0 Å². The summed E-state index contributed by atoms with van der Waals surface area (Å²) >= 11 is 3.33. The fourth-order valence-corrected chi connectivity index (χ4v) is 1.74. The van der Waals surface area contributed by atoms with Gasteiger partial charge in [0, 0.05) is 16.5 Å². The van der Waals surface area contributed by atoms with Crippen molar-refractivity contribution in [1.29, 1.82) is 0 Å². The number of amides is 1. The summed E-state index contributed by atoms with van der Waals surface area (Å²) < 4.78 is 6.19. The Balaban J connectivity index is 2.84. The number of carbonyl (C=O) groups is 1. The number of rotatable bonds is 4. The minimum Gasteiger partial charge on any atom is -0.481 e. The van der Waals surface area contributed by atoms with Crippen LogP contribution >= 0.6 is 15.9 Å². The van der Waals surface area contributed by atoms with Gasteiger partial charge in [-0.2, -0.15) is 4.99 Å². The van der Waals surface area contributed by atoms with Gasteiger partial charge >= 0.3 is 0 Å². The molecular weight excluding hydrogens is 282 g/mol. The third-order valence-electron chi connectivity index (χ3n) is 2.07. The van der Waals surface area contributed by atoms with E-state index in [1.54, 1.807) is 12.1 Å². The highest BCUT2D eigenvalue weighted by Gasteiger charge is 2.07. The van der Waals surface area contributed by atoms with Crippen LogP contribution < -0.4 is 0 Å². The summed E-state index contributed by atoms with van der Waals surface area (Å²) in [5.41, 5.74) is 0.563. The van der Waals surface area contributed by atoms with Crippen LogP contribution in [-0.2, 0) is 4.74 Å². The number of carbonyl (C=O) groups excluding carboxylic acids is 1. The molecule has 0 aliphatic carbocycles. The molecule has 1 rings (SSSR count). The van der Waals surface area contributed by atoms with Gasteiger partial charge in [0.05, 0.1) is 6.61 Å². The normalized spacial score (nSPS) is 11.4. The fourth-order valence-electron chi connectivity index (χ4n) is 1.34. The first-order valence-electron chi connectivity index (χ1n) is 5.67. The van der Waals surface area contributed by atoms with Gasteiger partial charge in [0.2, 0.25) is 0 Å². The van der Waals surface area contributed by atoms with Crippen molar-refractivity contribution in [3.63, 3.8) is 0 Å². The highest BCUT2D eigenvalue weighted by molar-refractivity contribution is 9.10. The lowest BCUT2D eigenvalue weighted by atomic mass is 10.2. The minimum absolute atomic E-state index is 0.261. The summed E-state index contributed by atoms with van der Waals surface area (Å²) in [5, 5.41) is 0. The van der Waals surface area contributed by atoms with E-state index in [2.05, 4.69) is 20.9 Å². The Kier molecular flexibility index (Phi) is 5.91. The number of hydrogen-bond acceptors (Lipinski definition) is 2. The second-order valence-electron chi connectivity index (χ2n) is 3.50. The molecule has 1 aromatic rings. The number of nitrogens with zero attached hydrogens (tertiary/aromatic N) is 1. The molecule has 0 saturated heterocycles. The maximum absolute atomic E-state index is 11.9. The minimum atomic E-state index is -0.261. The Hall–Kier alpha value is -1.16. The molecule has 0 aromatic heterocycles. The molecule has 0 radical (unpaired) electrons. The van der Waals surface area contributed by atoms with Crippen LogP contribution in [0, 0.1) is 0 Å². The lowest BCUT2D eigenvalue weighted by Gasteiger charge is -2.05. The van der Waals surface area contributed by atoms with Gasteiger partial charge in [-0.1, -0.05) is 28.9 Å². The lowest BCUT2D eigenvalue weighted by Crippen LogP contribution is -2.08. The van der Waals surface area contributed by atoms with Gasteiger partial charge in [-0.25, -0.2) is 0 Å². The zero-order valence-corrected chi connectivity index (χ0v) is 11.7. The number of benzene rings is 1. The Bertz CT molecular complexity index is 408. The average molecular weight is 298 g/mol. The summed E-state index contributed by atoms with van der Waals surface area (Å²) in [6, 6.07) is 7.18. The van der Waals surface area contributed by atoms with Crippen LogP contribution in [0.1, 0.15) is 37.0 Å². The molecule has 92 valence electrons. The summed E-state index contributed by atoms with van der Waals surface area (Å²) in [7, 11) is 0. The van der Waals surface area contributed by atoms with Crippen molar-refractivity contribution in [2.75, 3.05) is 6.61 Å². The van der Waals surface area contributed by atoms with Crippen LogP contribution in [0.4, 0.5) is 0 Å². The predicted molar refractivity (Wildman–Crippen MR) is 72.4 cm³/mol. The van der Waals surface area contributed by atoms with Gasteiger partial charge < -0.3 is 4.74 Å². The quantitative estimate of drug-likeness (QED) is 0.626. The van der Waals surface area contributed by atoms with Crippen molar-refractivity contribution in [2.24, 2.45) is 4.99 Å². The molecule has 0 atom stereocenters. The topological polar surface area (TPSA) is 38.7 Å². The Morgan fingerprint density at radius 3 is 2.76 bits per heavy atom. The van der Waals surface area contributed by atoms with E-state index >= 15 is 0 Å². The van der Waals surface area contributed by atoms with E-state index in [-0.39, 0.29) is 5.91 Å². The monoisotopic (exact) mass is 297 g/mol. The molecule has 0 saturated carbocycles. The van der Waals surface area contributed by atoms with Crippen LogP contribution in [0.5, 0.6) is 0 Å². The average Bonchev–Trinajstić information content (AvgIpc) is 2.29. The molecule has 0 heterocycles. The van der Waals surface area contributed by atoms with Crippen molar-refractivity contribution in [1.82, 2.24) is 0 Å². The van der Waals surface area contributed by atoms with Gasteiger partial charge in [-0.15, -0.1) is 0 Å². The van der Waals surface area contributed by atoms with E-state index < -0.39 is 0 Å². The number of halogens is 1. The van der Waals surface area contributed by atoms with Crippen molar-refractivity contribution >= 4 is 27.7 Å². The van der Waals surface area contributed by atoms with Gasteiger partial charge in [0.1, 0.15) is 0 Å². The molecule has 0 fully saturated rings. The van der Waals surface area contributed by atoms with E-state index in [0.29, 0.717) is 24.5 Å². The fraction of sp³-hybridized carbons (Fsp3) is 0.385. The summed E-state index contributed by atoms with van der Waals surface area (Å²) in [5.74, 6) is 0.253. The van der Waals surface area contributed by atoms with Crippen molar-refractivity contribution in [3.05, 3.63) is 34.3 Å². The van der Waals surface area contributed by atoms with E-state index in [4.69, 9.17) is 4.74 Å². The Labute approximate surface area is 110 Å². The highest BCUT2D eigenvalue weighted by Crippen LogP contribution is 2.12. The van der Waals surface area contributed by atoms with E-state index in [1.165, 1.54) is 0 Å². The van der Waals surface area contributed by atoms with Crippen LogP contribution in [0.2, 0.25) is 0 Å². The number of hydrogen-bond donors (Lipinski definition) is 0. The van der Waals surface area contributed by atoms with Crippen molar-refractivity contribution < 1.29 is 9.53 Å². The Morgan fingerprint density at radius 1 is 1.41 bits per heavy atom. The van der Waals surface area contributed by atoms with Gasteiger partial charge in [-0.05, 0) is 31.5 Å². The first-order chi connectivity index (χ1) is 8.17. The maximum atomic E-state index is 11.9. The summed E-state index contributed by atoms with van der Waals surface area (Å²) in [6.07, 6.45) is 1.60. The van der Waals surface area contributed by atoms with Crippen LogP contribution in [0.3, 0.4) is 0 Å². The number of aliphatic imine (C=N–C) groups is 1. The highest BCUT2D eigenvalue weighted by atomic mass is 79.9. The maximum Gasteiger partial charge on any atom is 0.280 e. The molecule has 1 aromatic carbocycles. The van der Waals surface area contributed by atoms with E-state index in [9.17, 15) is 4.79 Å². The summed E-state index contributed by atoms with van der Waals surface area (Å²) in [4.78, 5) is 15.9. The first-order valence-corrected chi connectivity index (χ1v) is 6.47. The zero-order chi connectivity index (χ0) is 12.7. The second-order valence-corrected chi connectivity index (χ2v) is 4.42. The Morgan fingerprint density at radius 2 is 2.18 bits per heavy atom. The SMILES string of the molecule is CCC/C(=N/C(=O)c1cccc(Br)c1)OCC. The van der Waals surface area contributed by atoms with Gasteiger partial charge in [0.25, 0.3) is 5.91 Å². The molecule has 0 aliphatic rings. The third kappa shape index (κ3) is 4.69. The zero-order valence-electron chi connectivity index (χ0n) is 10.1. The standard InChI is InChI=1S/C13H16BrNO2/c1-3-6-12(17-4-2)15-13(16)10-7-5-8-11(14)9-10/h5,7-9H,3-4,6H2,1-2H3/b15-12-. The molecule has 0 N–H and O–H groups in total. The molecule has 3 nitrogen and oxygen atoms in total.